The van der Waals surface area contributed by atoms with Crippen LogP contribution in [0.5, 0.6) is 0 Å². The van der Waals surface area contributed by atoms with Crippen LogP contribution in [0.1, 0.15) is 31.0 Å². The fraction of sp³-hybridized carbons (Fsp3) is 0.412. The van der Waals surface area contributed by atoms with Crippen LogP contribution >= 0.6 is 0 Å². The lowest BCUT2D eigenvalue weighted by molar-refractivity contribution is -0.123. The summed E-state index contributed by atoms with van der Waals surface area (Å²) < 4.78 is 0. The van der Waals surface area contributed by atoms with E-state index in [9.17, 15) is 9.90 Å². The number of nitrogens with zero attached hydrogens (tertiary/aromatic N) is 1. The van der Waals surface area contributed by atoms with Crippen LogP contribution in [-0.2, 0) is 4.79 Å². The fourth-order valence-electron chi connectivity index (χ4n) is 2.01. The van der Waals surface area contributed by atoms with Crippen molar-refractivity contribution in [2.24, 2.45) is 4.99 Å². The maximum atomic E-state index is 12.2. The second-order valence-electron chi connectivity index (χ2n) is 5.31. The summed E-state index contributed by atoms with van der Waals surface area (Å²) in [5.41, 5.74) is 2.84. The van der Waals surface area contributed by atoms with E-state index in [1.807, 2.05) is 38.1 Å². The average molecular weight is 303 g/mol. The van der Waals surface area contributed by atoms with Crippen LogP contribution in [0, 0.1) is 6.92 Å². The quantitative estimate of drug-likeness (QED) is 0.640. The van der Waals surface area contributed by atoms with Gasteiger partial charge in [-0.1, -0.05) is 36.4 Å². The number of aliphatic imine (C=N–C) groups is 1. The van der Waals surface area contributed by atoms with Crippen LogP contribution in [0.4, 0.5) is 0 Å². The highest BCUT2D eigenvalue weighted by Crippen LogP contribution is 2.14. The number of aliphatic hydroxyl groups excluding tert-OH is 1. The standard InChI is InChI=1S/C17H25N3O2/c1-5-18-13(3)10-19-14(4)17(22)20-16(11-21)15-8-6-7-12(2)9-15/h5-9,14,16,19,21H,1,10-11H2,2-4H3,(H,20,22)/b18-13+/t14-,16-/m1/s1. The first-order valence-electron chi connectivity index (χ1n) is 7.33. The molecule has 22 heavy (non-hydrogen) atoms. The molecule has 0 saturated heterocycles. The molecule has 0 spiro atoms. The molecule has 5 heteroatoms. The van der Waals surface area contributed by atoms with E-state index < -0.39 is 6.04 Å². The van der Waals surface area contributed by atoms with Crippen molar-refractivity contribution < 1.29 is 9.90 Å². The summed E-state index contributed by atoms with van der Waals surface area (Å²) in [4.78, 5) is 16.2. The minimum absolute atomic E-state index is 0.140. The van der Waals surface area contributed by atoms with Crippen molar-refractivity contribution in [3.8, 4) is 0 Å². The summed E-state index contributed by atoms with van der Waals surface area (Å²) in [7, 11) is 0. The lowest BCUT2D eigenvalue weighted by atomic mass is 10.0. The van der Waals surface area contributed by atoms with Gasteiger partial charge in [0, 0.05) is 18.5 Å². The Balaban J connectivity index is 2.61. The molecule has 0 saturated carbocycles. The lowest BCUT2D eigenvalue weighted by Gasteiger charge is -2.20. The monoisotopic (exact) mass is 303 g/mol. The van der Waals surface area contributed by atoms with Crippen molar-refractivity contribution in [3.05, 3.63) is 48.2 Å². The highest BCUT2D eigenvalue weighted by atomic mass is 16.3. The van der Waals surface area contributed by atoms with E-state index >= 15 is 0 Å². The molecule has 0 aliphatic carbocycles. The molecule has 1 aromatic carbocycles. The fourth-order valence-corrected chi connectivity index (χ4v) is 2.01. The van der Waals surface area contributed by atoms with Crippen molar-refractivity contribution in [3.63, 3.8) is 0 Å². The third-order valence-electron chi connectivity index (χ3n) is 3.31. The van der Waals surface area contributed by atoms with Gasteiger partial charge in [-0.05, 0) is 26.3 Å². The summed E-state index contributed by atoms with van der Waals surface area (Å²) in [6.07, 6.45) is 1.47. The van der Waals surface area contributed by atoms with E-state index in [0.29, 0.717) is 6.54 Å². The van der Waals surface area contributed by atoms with Gasteiger partial charge >= 0.3 is 0 Å². The number of aliphatic hydroxyl groups is 1. The Bertz CT molecular complexity index is 540. The van der Waals surface area contributed by atoms with Gasteiger partial charge in [0.05, 0.1) is 18.7 Å². The van der Waals surface area contributed by atoms with E-state index in [0.717, 1.165) is 16.8 Å². The number of benzene rings is 1. The zero-order valence-corrected chi connectivity index (χ0v) is 13.5. The SMILES string of the molecule is C=C/N=C(\C)CN[C@H](C)C(=O)N[C@H](CO)c1cccc(C)c1. The Kier molecular flexibility index (Phi) is 7.49. The van der Waals surface area contributed by atoms with Crippen molar-refractivity contribution in [2.75, 3.05) is 13.2 Å². The molecule has 0 aromatic heterocycles. The number of nitrogens with one attached hydrogen (secondary N) is 2. The molecule has 1 amide bonds. The third-order valence-corrected chi connectivity index (χ3v) is 3.31. The van der Waals surface area contributed by atoms with Crippen molar-refractivity contribution in [1.29, 1.82) is 0 Å². The molecular formula is C17H25N3O2. The Morgan fingerprint density at radius 2 is 2.23 bits per heavy atom. The first-order valence-corrected chi connectivity index (χ1v) is 7.33. The van der Waals surface area contributed by atoms with Crippen LogP contribution in [0.25, 0.3) is 0 Å². The maximum absolute atomic E-state index is 12.2. The predicted molar refractivity (Wildman–Crippen MR) is 89.9 cm³/mol. The van der Waals surface area contributed by atoms with Crippen molar-refractivity contribution in [1.82, 2.24) is 10.6 Å². The van der Waals surface area contributed by atoms with E-state index in [4.69, 9.17) is 0 Å². The molecule has 0 aliphatic rings. The number of rotatable bonds is 8. The summed E-state index contributed by atoms with van der Waals surface area (Å²) in [6.45, 7) is 9.52. The van der Waals surface area contributed by atoms with Gasteiger partial charge in [0.25, 0.3) is 0 Å². The molecule has 0 unspecified atom stereocenters. The van der Waals surface area contributed by atoms with Gasteiger partial charge in [0.2, 0.25) is 5.91 Å². The van der Waals surface area contributed by atoms with Crippen molar-refractivity contribution in [2.45, 2.75) is 32.9 Å². The first-order chi connectivity index (χ1) is 10.5. The minimum atomic E-state index is -0.403. The molecule has 0 radical (unpaired) electrons. The summed E-state index contributed by atoms with van der Waals surface area (Å²) >= 11 is 0. The van der Waals surface area contributed by atoms with E-state index in [1.54, 1.807) is 6.92 Å². The van der Waals surface area contributed by atoms with Crippen LogP contribution in [0.3, 0.4) is 0 Å². The number of carbonyl (C=O) groups excluding carboxylic acids is 1. The normalized spacial score (nSPS) is 14.3. The smallest absolute Gasteiger partial charge is 0.237 e. The highest BCUT2D eigenvalue weighted by molar-refractivity contribution is 5.86. The summed E-state index contributed by atoms with van der Waals surface area (Å²) in [6, 6.07) is 6.96. The molecule has 1 rings (SSSR count). The van der Waals surface area contributed by atoms with Gasteiger partial charge in [0.1, 0.15) is 0 Å². The molecule has 3 N–H and O–H groups in total. The molecule has 0 heterocycles. The minimum Gasteiger partial charge on any atom is -0.394 e. The van der Waals surface area contributed by atoms with E-state index in [-0.39, 0.29) is 18.6 Å². The first kappa shape index (κ1) is 18.1. The average Bonchev–Trinajstić information content (AvgIpc) is 2.50. The Labute approximate surface area is 132 Å². The van der Waals surface area contributed by atoms with Gasteiger partial charge in [0.15, 0.2) is 0 Å². The number of carbonyl (C=O) groups is 1. The van der Waals surface area contributed by atoms with Crippen LogP contribution < -0.4 is 10.6 Å². The number of aryl methyl sites for hydroxylation is 1. The molecule has 120 valence electrons. The summed E-state index contributed by atoms with van der Waals surface area (Å²) in [5.74, 6) is -0.160. The van der Waals surface area contributed by atoms with Gasteiger partial charge in [-0.3, -0.25) is 9.79 Å². The Hall–Kier alpha value is -1.98. The molecule has 0 fully saturated rings. The second kappa shape index (κ2) is 9.12. The Morgan fingerprint density at radius 1 is 1.50 bits per heavy atom. The van der Waals surface area contributed by atoms with E-state index in [2.05, 4.69) is 22.2 Å². The topological polar surface area (TPSA) is 73.7 Å². The predicted octanol–water partition coefficient (Wildman–Crippen LogP) is 1.73. The third kappa shape index (κ3) is 5.79. The molecule has 0 aliphatic heterocycles. The van der Waals surface area contributed by atoms with Crippen LogP contribution in [-0.4, -0.2) is 35.9 Å². The maximum Gasteiger partial charge on any atom is 0.237 e. The zero-order valence-electron chi connectivity index (χ0n) is 13.5. The number of hydrogen-bond acceptors (Lipinski definition) is 4. The van der Waals surface area contributed by atoms with Crippen LogP contribution in [0.15, 0.2) is 42.0 Å². The molecule has 1 aromatic rings. The van der Waals surface area contributed by atoms with Gasteiger partial charge in [-0.25, -0.2) is 0 Å². The van der Waals surface area contributed by atoms with Gasteiger partial charge in [-0.15, -0.1) is 0 Å². The summed E-state index contributed by atoms with van der Waals surface area (Å²) in [5, 5.41) is 15.5. The lowest BCUT2D eigenvalue weighted by Crippen LogP contribution is -2.45. The molecule has 5 nitrogen and oxygen atoms in total. The second-order valence-corrected chi connectivity index (χ2v) is 5.31. The molecule has 2 atom stereocenters. The number of amides is 1. The van der Waals surface area contributed by atoms with E-state index in [1.165, 1.54) is 6.20 Å². The Morgan fingerprint density at radius 3 is 2.82 bits per heavy atom. The molecule has 0 bridgehead atoms. The number of hydrogen-bond donors (Lipinski definition) is 3. The van der Waals surface area contributed by atoms with Crippen molar-refractivity contribution >= 4 is 11.6 Å². The van der Waals surface area contributed by atoms with Gasteiger partial charge < -0.3 is 15.7 Å². The largest absolute Gasteiger partial charge is 0.394 e. The molecular weight excluding hydrogens is 278 g/mol. The van der Waals surface area contributed by atoms with Crippen LogP contribution in [0.2, 0.25) is 0 Å². The zero-order chi connectivity index (χ0) is 16.5. The van der Waals surface area contributed by atoms with Gasteiger partial charge in [-0.2, -0.15) is 0 Å². The highest BCUT2D eigenvalue weighted by Gasteiger charge is 2.18.